The summed E-state index contributed by atoms with van der Waals surface area (Å²) in [5, 5.41) is 2.74. The van der Waals surface area contributed by atoms with Crippen LogP contribution in [0.3, 0.4) is 0 Å². The van der Waals surface area contributed by atoms with E-state index in [1.165, 1.54) is 0 Å². The molecule has 0 rings (SSSR count). The third-order valence-electron chi connectivity index (χ3n) is 1.55. The van der Waals surface area contributed by atoms with Crippen LogP contribution in [0.4, 0.5) is 0 Å². The fourth-order valence-electron chi connectivity index (χ4n) is 0.922. The van der Waals surface area contributed by atoms with Gasteiger partial charge in [-0.25, -0.2) is 5.09 Å². The number of halogens is 1. The normalized spacial score (nSPS) is 16.9. The molecule has 0 aromatic rings. The van der Waals surface area contributed by atoms with Crippen LogP contribution in [-0.2, 0) is 18.8 Å². The van der Waals surface area contributed by atoms with Gasteiger partial charge in [0.2, 0.25) is 4.94 Å². The Bertz CT molecular complexity index is 272. The van der Waals surface area contributed by atoms with Gasteiger partial charge in [-0.15, -0.1) is 0 Å². The maximum Gasteiger partial charge on any atom is 0.323 e. The Kier molecular flexibility index (Phi) is 7.80. The van der Waals surface area contributed by atoms with E-state index in [9.17, 15) is 9.36 Å². The SMILES string of the molecule is CCOCP(=O)(I)NC(C)C(=O)OC(C)C. The highest BCUT2D eigenvalue weighted by Crippen LogP contribution is 2.50. The summed E-state index contributed by atoms with van der Waals surface area (Å²) in [6.45, 7) is 7.50. The fourth-order valence-corrected chi connectivity index (χ4v) is 3.94. The molecule has 0 saturated carbocycles. The summed E-state index contributed by atoms with van der Waals surface area (Å²) >= 11 is 1.79. The molecular weight excluding hydrogens is 344 g/mol. The second kappa shape index (κ2) is 7.63. The third kappa shape index (κ3) is 7.60. The van der Waals surface area contributed by atoms with Crippen molar-refractivity contribution in [3.8, 4) is 0 Å². The number of carbonyl (C=O) groups is 1. The largest absolute Gasteiger partial charge is 0.462 e. The van der Waals surface area contributed by atoms with Gasteiger partial charge in [0.15, 0.2) is 0 Å². The Hall–Kier alpha value is 0.350. The summed E-state index contributed by atoms with van der Waals surface area (Å²) in [4.78, 5) is 8.79. The molecule has 2 atom stereocenters. The van der Waals surface area contributed by atoms with Gasteiger partial charge in [0.05, 0.1) is 6.10 Å². The molecule has 0 radical (unpaired) electrons. The van der Waals surface area contributed by atoms with Crippen molar-refractivity contribution in [2.75, 3.05) is 13.0 Å². The summed E-state index contributed by atoms with van der Waals surface area (Å²) in [6, 6.07) is -0.592. The van der Waals surface area contributed by atoms with Gasteiger partial charge in [0.1, 0.15) is 12.4 Å². The number of ether oxygens (including phenoxy) is 2. The zero-order chi connectivity index (χ0) is 12.8. The van der Waals surface area contributed by atoms with Crippen molar-refractivity contribution < 1.29 is 18.8 Å². The number of hydrogen-bond acceptors (Lipinski definition) is 4. The predicted molar refractivity (Wildman–Crippen MR) is 71.9 cm³/mol. The smallest absolute Gasteiger partial charge is 0.323 e. The first-order valence-corrected chi connectivity index (χ1v) is 9.81. The molecule has 0 aliphatic rings. The summed E-state index contributed by atoms with van der Waals surface area (Å²) in [5.41, 5.74) is 0. The lowest BCUT2D eigenvalue weighted by atomic mass is 10.4. The highest BCUT2D eigenvalue weighted by molar-refractivity contribution is 14.2. The lowest BCUT2D eigenvalue weighted by Crippen LogP contribution is -2.34. The molecule has 0 fully saturated rings. The maximum absolute atomic E-state index is 11.9. The molecule has 16 heavy (non-hydrogen) atoms. The van der Waals surface area contributed by atoms with E-state index in [1.54, 1.807) is 42.8 Å². The van der Waals surface area contributed by atoms with Crippen molar-refractivity contribution in [2.24, 2.45) is 0 Å². The molecule has 0 aliphatic carbocycles. The number of rotatable bonds is 7. The van der Waals surface area contributed by atoms with Gasteiger partial charge in [-0.05, 0) is 27.7 Å². The average Bonchev–Trinajstić information content (AvgIpc) is 2.13. The quantitative estimate of drug-likeness (QED) is 0.428. The molecule has 0 aromatic heterocycles. The maximum atomic E-state index is 11.9. The fraction of sp³-hybridized carbons (Fsp3) is 0.889. The van der Waals surface area contributed by atoms with Gasteiger partial charge < -0.3 is 9.47 Å². The van der Waals surface area contributed by atoms with Crippen molar-refractivity contribution in [3.05, 3.63) is 0 Å². The van der Waals surface area contributed by atoms with Gasteiger partial charge >= 0.3 is 5.97 Å². The Morgan fingerprint density at radius 2 is 2.00 bits per heavy atom. The third-order valence-corrected chi connectivity index (χ3v) is 4.51. The van der Waals surface area contributed by atoms with Crippen LogP contribution in [-0.4, -0.2) is 31.1 Å². The van der Waals surface area contributed by atoms with Crippen molar-refractivity contribution in [2.45, 2.75) is 39.8 Å². The molecule has 0 amide bonds. The van der Waals surface area contributed by atoms with Gasteiger partial charge in [-0.2, -0.15) is 0 Å². The minimum absolute atomic E-state index is 0.114. The summed E-state index contributed by atoms with van der Waals surface area (Å²) in [7, 11) is 0. The molecule has 0 heterocycles. The van der Waals surface area contributed by atoms with Crippen molar-refractivity contribution in [1.82, 2.24) is 5.09 Å². The monoisotopic (exact) mass is 363 g/mol. The first kappa shape index (κ1) is 16.4. The van der Waals surface area contributed by atoms with E-state index in [0.717, 1.165) is 0 Å². The second-order valence-electron chi connectivity index (χ2n) is 3.61. The van der Waals surface area contributed by atoms with Crippen molar-refractivity contribution in [1.29, 1.82) is 0 Å². The minimum atomic E-state index is -2.67. The van der Waals surface area contributed by atoms with E-state index in [2.05, 4.69) is 5.09 Å². The highest BCUT2D eigenvalue weighted by Gasteiger charge is 2.25. The first-order chi connectivity index (χ1) is 7.28. The topological polar surface area (TPSA) is 64.6 Å². The number of esters is 1. The molecule has 0 bridgehead atoms. The van der Waals surface area contributed by atoms with E-state index < -0.39 is 16.9 Å². The first-order valence-electron chi connectivity index (χ1n) is 5.13. The van der Waals surface area contributed by atoms with Gasteiger partial charge in [-0.1, -0.05) is 0 Å². The second-order valence-corrected chi connectivity index (χ2v) is 10.1. The number of carbonyl (C=O) groups excluding carboxylic acids is 1. The van der Waals surface area contributed by atoms with Crippen molar-refractivity contribution in [3.63, 3.8) is 0 Å². The number of nitrogens with one attached hydrogen (secondary N) is 1. The van der Waals surface area contributed by atoms with Crippen LogP contribution in [0.2, 0.25) is 0 Å². The Balaban J connectivity index is 4.16. The summed E-state index contributed by atoms with van der Waals surface area (Å²) in [6.07, 6.45) is -0.0548. The molecule has 0 aromatic carbocycles. The van der Waals surface area contributed by atoms with E-state index >= 15 is 0 Å². The summed E-state index contributed by atoms with van der Waals surface area (Å²) < 4.78 is 22.0. The molecule has 96 valence electrons. The number of hydrogen-bond donors (Lipinski definition) is 1. The van der Waals surface area contributed by atoms with Crippen molar-refractivity contribution >= 4 is 32.9 Å². The van der Waals surface area contributed by atoms with Gasteiger partial charge in [0.25, 0.3) is 0 Å². The Morgan fingerprint density at radius 1 is 1.44 bits per heavy atom. The van der Waals surface area contributed by atoms with Crippen LogP contribution in [0.1, 0.15) is 27.7 Å². The lowest BCUT2D eigenvalue weighted by Gasteiger charge is -2.19. The highest BCUT2D eigenvalue weighted by atomic mass is 127. The molecular formula is C9H19INO4P. The molecule has 0 aliphatic heterocycles. The standard InChI is InChI=1S/C9H19INO4P/c1-5-14-6-16(10,13)11-8(4)9(12)15-7(2)3/h7-8H,5-6H2,1-4H3,(H,11,13). The lowest BCUT2D eigenvalue weighted by molar-refractivity contribution is -0.148. The average molecular weight is 363 g/mol. The molecule has 5 nitrogen and oxygen atoms in total. The molecule has 1 N–H and O–H groups in total. The molecule has 2 unspecified atom stereocenters. The zero-order valence-electron chi connectivity index (χ0n) is 10.0. The Labute approximate surface area is 110 Å². The Morgan fingerprint density at radius 3 is 2.44 bits per heavy atom. The van der Waals surface area contributed by atoms with E-state index in [4.69, 9.17) is 9.47 Å². The van der Waals surface area contributed by atoms with E-state index in [-0.39, 0.29) is 12.5 Å². The van der Waals surface area contributed by atoms with Crippen LogP contribution < -0.4 is 5.09 Å². The molecule has 0 spiro atoms. The molecule has 0 saturated heterocycles. The molecule has 7 heteroatoms. The van der Waals surface area contributed by atoms with Crippen LogP contribution in [0.15, 0.2) is 0 Å². The van der Waals surface area contributed by atoms with E-state index in [1.807, 2.05) is 6.92 Å². The van der Waals surface area contributed by atoms with Crippen LogP contribution in [0, 0.1) is 0 Å². The van der Waals surface area contributed by atoms with Crippen LogP contribution in [0.5, 0.6) is 0 Å². The zero-order valence-corrected chi connectivity index (χ0v) is 13.1. The van der Waals surface area contributed by atoms with Gasteiger partial charge in [-0.3, -0.25) is 9.36 Å². The summed E-state index contributed by atoms with van der Waals surface area (Å²) in [5.74, 6) is -0.400. The van der Waals surface area contributed by atoms with Gasteiger partial charge in [0, 0.05) is 28.6 Å². The van der Waals surface area contributed by atoms with Crippen LogP contribution >= 0.6 is 27.0 Å². The van der Waals surface area contributed by atoms with Crippen LogP contribution in [0.25, 0.3) is 0 Å². The predicted octanol–water partition coefficient (Wildman–Crippen LogP) is 2.54. The minimum Gasteiger partial charge on any atom is -0.462 e. The van der Waals surface area contributed by atoms with E-state index in [0.29, 0.717) is 6.61 Å².